The molecule has 1 N–H and O–H groups in total. The van der Waals surface area contributed by atoms with Gasteiger partial charge in [-0.3, -0.25) is 4.79 Å². The van der Waals surface area contributed by atoms with Gasteiger partial charge < -0.3 is 9.73 Å². The number of amides is 1. The molecule has 3 nitrogen and oxygen atoms in total. The topological polar surface area (TPSA) is 42.2 Å². The van der Waals surface area contributed by atoms with Crippen molar-refractivity contribution in [2.24, 2.45) is 0 Å². The van der Waals surface area contributed by atoms with Crippen LogP contribution < -0.4 is 5.32 Å². The van der Waals surface area contributed by atoms with Crippen molar-refractivity contribution in [1.82, 2.24) is 5.32 Å². The smallest absolute Gasteiger partial charge is 0.255 e. The lowest BCUT2D eigenvalue weighted by Gasteiger charge is -2.16. The highest BCUT2D eigenvalue weighted by Gasteiger charge is 2.18. The van der Waals surface area contributed by atoms with Crippen molar-refractivity contribution >= 4 is 32.8 Å². The Bertz CT molecular complexity index is 752. The minimum absolute atomic E-state index is 0.0765. The van der Waals surface area contributed by atoms with Gasteiger partial charge in [0.25, 0.3) is 5.91 Å². The van der Waals surface area contributed by atoms with Gasteiger partial charge in [-0.25, -0.2) is 0 Å². The van der Waals surface area contributed by atoms with E-state index in [1.54, 1.807) is 0 Å². The number of alkyl halides is 1. The van der Waals surface area contributed by atoms with Crippen LogP contribution in [0, 0.1) is 0 Å². The zero-order valence-corrected chi connectivity index (χ0v) is 12.8. The highest BCUT2D eigenvalue weighted by atomic mass is 79.9. The first kappa shape index (κ1) is 13.9. The van der Waals surface area contributed by atoms with Crippen molar-refractivity contribution < 1.29 is 9.21 Å². The summed E-state index contributed by atoms with van der Waals surface area (Å²) < 4.78 is 5.42. The summed E-state index contributed by atoms with van der Waals surface area (Å²) in [5.41, 5.74) is 2.35. The van der Waals surface area contributed by atoms with E-state index < -0.39 is 0 Å². The Morgan fingerprint density at radius 3 is 2.57 bits per heavy atom. The van der Waals surface area contributed by atoms with E-state index in [0.29, 0.717) is 10.9 Å². The lowest BCUT2D eigenvalue weighted by molar-refractivity contribution is 0.0941. The van der Waals surface area contributed by atoms with E-state index in [1.165, 1.54) is 6.26 Å². The molecule has 1 amide bonds. The molecule has 1 heterocycles. The number of hydrogen-bond donors (Lipinski definition) is 1. The second-order valence-corrected chi connectivity index (χ2v) is 5.38. The SMILES string of the molecule is O=C(NC(CBr)c1ccccc1)c1coc2ccccc12. The van der Waals surface area contributed by atoms with Gasteiger partial charge in [0, 0.05) is 10.7 Å². The number of para-hydroxylation sites is 1. The number of halogens is 1. The van der Waals surface area contributed by atoms with Crippen LogP contribution in [0.2, 0.25) is 0 Å². The quantitative estimate of drug-likeness (QED) is 0.717. The third kappa shape index (κ3) is 2.85. The molecule has 0 bridgehead atoms. The lowest BCUT2D eigenvalue weighted by atomic mass is 10.1. The number of nitrogens with one attached hydrogen (secondary N) is 1. The Labute approximate surface area is 131 Å². The zero-order chi connectivity index (χ0) is 14.7. The molecular formula is C17H14BrNO2. The van der Waals surface area contributed by atoms with Gasteiger partial charge in [-0.15, -0.1) is 0 Å². The standard InChI is InChI=1S/C17H14BrNO2/c18-10-15(12-6-2-1-3-7-12)19-17(20)14-11-21-16-9-5-4-8-13(14)16/h1-9,11,15H,10H2,(H,19,20). The van der Waals surface area contributed by atoms with Crippen LogP contribution in [0.25, 0.3) is 11.0 Å². The van der Waals surface area contributed by atoms with Crippen LogP contribution in [0.1, 0.15) is 22.0 Å². The summed E-state index contributed by atoms with van der Waals surface area (Å²) in [4.78, 5) is 12.5. The zero-order valence-electron chi connectivity index (χ0n) is 11.3. The monoisotopic (exact) mass is 343 g/mol. The number of carbonyl (C=O) groups is 1. The molecule has 3 aromatic rings. The molecule has 0 fully saturated rings. The summed E-state index contributed by atoms with van der Waals surface area (Å²) in [7, 11) is 0. The first-order valence-corrected chi connectivity index (χ1v) is 7.79. The van der Waals surface area contributed by atoms with Crippen LogP contribution in [0.4, 0.5) is 0 Å². The Hall–Kier alpha value is -2.07. The van der Waals surface area contributed by atoms with Crippen molar-refractivity contribution in [2.75, 3.05) is 5.33 Å². The molecule has 0 saturated carbocycles. The van der Waals surface area contributed by atoms with Crippen molar-refractivity contribution in [3.8, 4) is 0 Å². The normalized spacial score (nSPS) is 12.2. The number of carbonyl (C=O) groups excluding carboxylic acids is 1. The van der Waals surface area contributed by atoms with Gasteiger partial charge in [0.05, 0.1) is 11.6 Å². The summed E-state index contributed by atoms with van der Waals surface area (Å²) in [5.74, 6) is -0.131. The van der Waals surface area contributed by atoms with E-state index in [0.717, 1.165) is 16.5 Å². The van der Waals surface area contributed by atoms with E-state index in [9.17, 15) is 4.79 Å². The average Bonchev–Trinajstić information content (AvgIpc) is 2.97. The Morgan fingerprint density at radius 2 is 1.81 bits per heavy atom. The van der Waals surface area contributed by atoms with Crippen molar-refractivity contribution in [1.29, 1.82) is 0 Å². The number of hydrogen-bond acceptors (Lipinski definition) is 2. The Kier molecular flexibility index (Phi) is 4.06. The molecule has 106 valence electrons. The molecule has 0 aliphatic carbocycles. The number of benzene rings is 2. The maximum atomic E-state index is 12.5. The first-order chi connectivity index (χ1) is 10.3. The third-order valence-electron chi connectivity index (χ3n) is 3.39. The molecule has 0 aliphatic heterocycles. The molecular weight excluding hydrogens is 330 g/mol. The molecule has 1 unspecified atom stereocenters. The highest BCUT2D eigenvalue weighted by Crippen LogP contribution is 2.22. The predicted octanol–water partition coefficient (Wildman–Crippen LogP) is 4.30. The molecule has 1 aromatic heterocycles. The van der Waals surface area contributed by atoms with Gasteiger partial charge in [0.2, 0.25) is 0 Å². The van der Waals surface area contributed by atoms with Gasteiger partial charge in [0.15, 0.2) is 0 Å². The average molecular weight is 344 g/mol. The summed E-state index contributed by atoms with van der Waals surface area (Å²) in [6, 6.07) is 17.3. The minimum Gasteiger partial charge on any atom is -0.463 e. The van der Waals surface area contributed by atoms with E-state index in [4.69, 9.17) is 4.42 Å². The summed E-state index contributed by atoms with van der Waals surface area (Å²) >= 11 is 3.46. The van der Waals surface area contributed by atoms with Crippen LogP contribution in [0.15, 0.2) is 65.3 Å². The lowest BCUT2D eigenvalue weighted by Crippen LogP contribution is -2.29. The number of rotatable bonds is 4. The van der Waals surface area contributed by atoms with Gasteiger partial charge >= 0.3 is 0 Å². The fourth-order valence-corrected chi connectivity index (χ4v) is 2.82. The first-order valence-electron chi connectivity index (χ1n) is 6.67. The molecule has 0 aliphatic rings. The molecule has 0 spiro atoms. The maximum absolute atomic E-state index is 12.5. The second-order valence-electron chi connectivity index (χ2n) is 4.74. The van der Waals surface area contributed by atoms with Crippen molar-refractivity contribution in [2.45, 2.75) is 6.04 Å². The molecule has 2 aromatic carbocycles. The van der Waals surface area contributed by atoms with Crippen molar-refractivity contribution in [3.63, 3.8) is 0 Å². The fourth-order valence-electron chi connectivity index (χ4n) is 2.29. The fraction of sp³-hybridized carbons (Fsp3) is 0.118. The van der Waals surface area contributed by atoms with E-state index >= 15 is 0 Å². The van der Waals surface area contributed by atoms with E-state index in [1.807, 2.05) is 54.6 Å². The van der Waals surface area contributed by atoms with Gasteiger partial charge in [-0.05, 0) is 11.6 Å². The molecule has 3 rings (SSSR count). The maximum Gasteiger partial charge on any atom is 0.255 e. The largest absolute Gasteiger partial charge is 0.463 e. The van der Waals surface area contributed by atoms with Crippen LogP contribution in [0.3, 0.4) is 0 Å². The molecule has 0 radical (unpaired) electrons. The number of furan rings is 1. The van der Waals surface area contributed by atoms with Gasteiger partial charge in [0.1, 0.15) is 11.8 Å². The summed E-state index contributed by atoms with van der Waals surface area (Å²) in [5, 5.41) is 4.51. The third-order valence-corrected chi connectivity index (χ3v) is 4.03. The molecule has 4 heteroatoms. The van der Waals surface area contributed by atoms with Gasteiger partial charge in [-0.2, -0.15) is 0 Å². The van der Waals surface area contributed by atoms with E-state index in [2.05, 4.69) is 21.2 Å². The van der Waals surface area contributed by atoms with Crippen LogP contribution in [-0.2, 0) is 0 Å². The van der Waals surface area contributed by atoms with E-state index in [-0.39, 0.29) is 11.9 Å². The molecule has 0 saturated heterocycles. The van der Waals surface area contributed by atoms with Gasteiger partial charge in [-0.1, -0.05) is 64.5 Å². The highest BCUT2D eigenvalue weighted by molar-refractivity contribution is 9.09. The Morgan fingerprint density at radius 1 is 1.10 bits per heavy atom. The summed E-state index contributed by atoms with van der Waals surface area (Å²) in [6.07, 6.45) is 1.51. The van der Waals surface area contributed by atoms with Crippen LogP contribution in [-0.4, -0.2) is 11.2 Å². The molecule has 1 atom stereocenters. The minimum atomic E-state index is -0.131. The number of fused-ring (bicyclic) bond motifs is 1. The Balaban J connectivity index is 1.85. The second kappa shape index (κ2) is 6.14. The van der Waals surface area contributed by atoms with Crippen LogP contribution in [0.5, 0.6) is 0 Å². The van der Waals surface area contributed by atoms with Crippen molar-refractivity contribution in [3.05, 3.63) is 72.0 Å². The predicted molar refractivity (Wildman–Crippen MR) is 86.7 cm³/mol. The molecule has 21 heavy (non-hydrogen) atoms. The van der Waals surface area contributed by atoms with Crippen LogP contribution >= 0.6 is 15.9 Å². The summed E-state index contributed by atoms with van der Waals surface area (Å²) in [6.45, 7) is 0.